The lowest BCUT2D eigenvalue weighted by atomic mass is 10.2. The largest absolute Gasteiger partial charge is 0.278 e. The molecule has 0 fully saturated rings. The average molecular weight is 302 g/mol. The maximum absolute atomic E-state index is 10.6. The normalized spacial score (nSPS) is 9.43. The Kier molecular flexibility index (Phi) is 3.34. The highest BCUT2D eigenvalue weighted by Crippen LogP contribution is 2.22. The summed E-state index contributed by atoms with van der Waals surface area (Å²) in [5.41, 5.74) is 0.752. The highest BCUT2D eigenvalue weighted by molar-refractivity contribution is 14.0. The lowest BCUT2D eigenvalue weighted by Gasteiger charge is -1.96. The van der Waals surface area contributed by atoms with Gasteiger partial charge in [0.1, 0.15) is 0 Å². The van der Waals surface area contributed by atoms with Gasteiger partial charge >= 0.3 is 0 Å². The van der Waals surface area contributed by atoms with E-state index >= 15 is 0 Å². The molecule has 0 aliphatic carbocycles. The van der Waals surface area contributed by atoms with E-state index in [0.29, 0.717) is 10.9 Å². The number of rotatable bonds is 1. The summed E-state index contributed by atoms with van der Waals surface area (Å²) < 4.78 is 0. The number of pyridine rings is 1. The minimum absolute atomic E-state index is 0. The Morgan fingerprint density at radius 3 is 2.71 bits per heavy atom. The average Bonchev–Trinajstić information content (AvgIpc) is 2.17. The van der Waals surface area contributed by atoms with Gasteiger partial charge in [-0.15, -0.1) is 24.0 Å². The molecule has 1 heterocycles. The van der Waals surface area contributed by atoms with Crippen molar-refractivity contribution >= 4 is 40.6 Å². The number of nitrogens with zero attached hydrogens (tertiary/aromatic N) is 2. The molecule has 5 heteroatoms. The number of non-ortho nitro benzene ring substituents is 1. The number of fused-ring (bicyclic) bond motifs is 1. The first-order valence-corrected chi connectivity index (χ1v) is 3.77. The molecule has 0 aliphatic rings. The van der Waals surface area contributed by atoms with Gasteiger partial charge in [0, 0.05) is 12.3 Å². The first kappa shape index (κ1) is 10.8. The van der Waals surface area contributed by atoms with Crippen LogP contribution in [0.4, 0.5) is 5.69 Å². The standard InChI is InChI=1S/C9H6N2O2.HI/c12-11(13)9-5-1-4-8-7(9)3-2-6-10-8;/h1-6H;1H. The van der Waals surface area contributed by atoms with Crippen molar-refractivity contribution in [1.82, 2.24) is 4.98 Å². The molecule has 4 nitrogen and oxygen atoms in total. The van der Waals surface area contributed by atoms with Crippen LogP contribution in [0.1, 0.15) is 0 Å². The molecule has 0 unspecified atom stereocenters. The smallest absolute Gasteiger partial charge is 0.258 e. The van der Waals surface area contributed by atoms with Gasteiger partial charge in [0.25, 0.3) is 5.69 Å². The molecule has 14 heavy (non-hydrogen) atoms. The Labute approximate surface area is 97.1 Å². The van der Waals surface area contributed by atoms with Gasteiger partial charge in [-0.05, 0) is 18.2 Å². The van der Waals surface area contributed by atoms with E-state index in [1.807, 2.05) is 0 Å². The first-order valence-electron chi connectivity index (χ1n) is 3.77. The van der Waals surface area contributed by atoms with E-state index in [2.05, 4.69) is 4.98 Å². The molecule has 0 saturated heterocycles. The highest BCUT2D eigenvalue weighted by Gasteiger charge is 2.09. The Balaban J connectivity index is 0.000000980. The summed E-state index contributed by atoms with van der Waals surface area (Å²) in [5.74, 6) is 0. The van der Waals surface area contributed by atoms with Crippen LogP contribution in [0.25, 0.3) is 10.9 Å². The SMILES string of the molecule is I.O=[N+]([O-])c1cccc2ncccc12. The third kappa shape index (κ3) is 1.82. The molecule has 0 atom stereocenters. The second-order valence-electron chi connectivity index (χ2n) is 2.60. The highest BCUT2D eigenvalue weighted by atomic mass is 127. The van der Waals surface area contributed by atoms with Crippen LogP contribution in [0.15, 0.2) is 36.5 Å². The van der Waals surface area contributed by atoms with Crippen molar-refractivity contribution in [2.45, 2.75) is 0 Å². The van der Waals surface area contributed by atoms with Gasteiger partial charge in [0.2, 0.25) is 0 Å². The number of nitro benzene ring substituents is 1. The summed E-state index contributed by atoms with van der Waals surface area (Å²) in [4.78, 5) is 14.2. The van der Waals surface area contributed by atoms with Crippen molar-refractivity contribution in [2.75, 3.05) is 0 Å². The summed E-state index contributed by atoms with van der Waals surface area (Å²) in [6.07, 6.45) is 1.62. The lowest BCUT2D eigenvalue weighted by molar-refractivity contribution is -0.383. The summed E-state index contributed by atoms with van der Waals surface area (Å²) in [5, 5.41) is 11.2. The van der Waals surface area contributed by atoms with Crippen LogP contribution in [-0.2, 0) is 0 Å². The quantitative estimate of drug-likeness (QED) is 0.462. The summed E-state index contributed by atoms with van der Waals surface area (Å²) >= 11 is 0. The van der Waals surface area contributed by atoms with E-state index < -0.39 is 4.92 Å². The van der Waals surface area contributed by atoms with E-state index in [9.17, 15) is 10.1 Å². The molecule has 2 rings (SSSR count). The maximum atomic E-state index is 10.6. The number of aromatic nitrogens is 1. The van der Waals surface area contributed by atoms with Gasteiger partial charge in [-0.25, -0.2) is 0 Å². The van der Waals surface area contributed by atoms with E-state index in [1.165, 1.54) is 6.07 Å². The molecule has 0 spiro atoms. The number of nitro groups is 1. The molecule has 0 amide bonds. The minimum atomic E-state index is -0.399. The molecule has 1 aromatic carbocycles. The molecular formula is C9H7IN2O2. The molecular weight excluding hydrogens is 295 g/mol. The van der Waals surface area contributed by atoms with Crippen molar-refractivity contribution < 1.29 is 4.92 Å². The van der Waals surface area contributed by atoms with Crippen molar-refractivity contribution in [3.63, 3.8) is 0 Å². The first-order chi connectivity index (χ1) is 6.29. The monoisotopic (exact) mass is 302 g/mol. The fourth-order valence-electron chi connectivity index (χ4n) is 1.25. The Morgan fingerprint density at radius 1 is 1.21 bits per heavy atom. The van der Waals surface area contributed by atoms with Crippen LogP contribution in [0.2, 0.25) is 0 Å². The lowest BCUT2D eigenvalue weighted by Crippen LogP contribution is -1.89. The molecule has 1 aromatic heterocycles. The van der Waals surface area contributed by atoms with Gasteiger partial charge in [-0.3, -0.25) is 15.1 Å². The molecule has 0 aliphatic heterocycles. The third-order valence-corrected chi connectivity index (χ3v) is 1.82. The minimum Gasteiger partial charge on any atom is -0.258 e. The van der Waals surface area contributed by atoms with Gasteiger partial charge in [-0.2, -0.15) is 0 Å². The van der Waals surface area contributed by atoms with Gasteiger partial charge in [-0.1, -0.05) is 6.07 Å². The predicted molar refractivity (Wildman–Crippen MR) is 63.8 cm³/mol. The van der Waals surface area contributed by atoms with Crippen molar-refractivity contribution in [3.05, 3.63) is 46.6 Å². The topological polar surface area (TPSA) is 56.0 Å². The summed E-state index contributed by atoms with van der Waals surface area (Å²) in [6, 6.07) is 8.25. The Morgan fingerprint density at radius 2 is 2.00 bits per heavy atom. The number of halogens is 1. The van der Waals surface area contributed by atoms with Crippen LogP contribution in [-0.4, -0.2) is 9.91 Å². The molecule has 2 aromatic rings. The zero-order valence-corrected chi connectivity index (χ0v) is 9.41. The molecule has 0 N–H and O–H groups in total. The zero-order chi connectivity index (χ0) is 9.26. The second kappa shape index (κ2) is 4.32. The van der Waals surface area contributed by atoms with Gasteiger partial charge in [0.05, 0.1) is 15.8 Å². The van der Waals surface area contributed by atoms with Gasteiger partial charge in [0.15, 0.2) is 0 Å². The fourth-order valence-corrected chi connectivity index (χ4v) is 1.25. The number of benzene rings is 1. The van der Waals surface area contributed by atoms with Crippen LogP contribution in [0.3, 0.4) is 0 Å². The molecule has 0 radical (unpaired) electrons. The summed E-state index contributed by atoms with van der Waals surface area (Å²) in [7, 11) is 0. The zero-order valence-electron chi connectivity index (χ0n) is 7.08. The third-order valence-electron chi connectivity index (χ3n) is 1.82. The van der Waals surface area contributed by atoms with E-state index in [0.717, 1.165) is 0 Å². The Bertz CT molecular complexity index is 468. The van der Waals surface area contributed by atoms with Crippen LogP contribution in [0, 0.1) is 10.1 Å². The molecule has 72 valence electrons. The van der Waals surface area contributed by atoms with Crippen LogP contribution in [0.5, 0.6) is 0 Å². The predicted octanol–water partition coefficient (Wildman–Crippen LogP) is 2.76. The van der Waals surface area contributed by atoms with E-state index in [1.54, 1.807) is 30.5 Å². The number of hydrogen-bond acceptors (Lipinski definition) is 3. The summed E-state index contributed by atoms with van der Waals surface area (Å²) in [6.45, 7) is 0. The van der Waals surface area contributed by atoms with Crippen molar-refractivity contribution in [2.24, 2.45) is 0 Å². The van der Waals surface area contributed by atoms with Crippen molar-refractivity contribution in [1.29, 1.82) is 0 Å². The Hall–Kier alpha value is -1.24. The molecule has 0 saturated carbocycles. The maximum Gasteiger partial charge on any atom is 0.278 e. The number of hydrogen-bond donors (Lipinski definition) is 0. The van der Waals surface area contributed by atoms with Gasteiger partial charge < -0.3 is 0 Å². The fraction of sp³-hybridized carbons (Fsp3) is 0. The second-order valence-corrected chi connectivity index (χ2v) is 2.60. The van der Waals surface area contributed by atoms with E-state index in [-0.39, 0.29) is 29.7 Å². The van der Waals surface area contributed by atoms with Crippen LogP contribution < -0.4 is 0 Å². The molecule has 0 bridgehead atoms. The van der Waals surface area contributed by atoms with Crippen LogP contribution >= 0.6 is 24.0 Å². The van der Waals surface area contributed by atoms with E-state index in [4.69, 9.17) is 0 Å². The van der Waals surface area contributed by atoms with Crippen molar-refractivity contribution in [3.8, 4) is 0 Å².